The molecule has 0 atom stereocenters. The zero-order chi connectivity index (χ0) is 23.1. The Morgan fingerprint density at radius 1 is 1.12 bits per heavy atom. The van der Waals surface area contributed by atoms with Gasteiger partial charge in [-0.15, -0.1) is 0 Å². The summed E-state index contributed by atoms with van der Waals surface area (Å²) >= 11 is 0. The Kier molecular flexibility index (Phi) is 7.78. The van der Waals surface area contributed by atoms with Gasteiger partial charge in [-0.3, -0.25) is 4.79 Å². The number of hydrogen-bond donors (Lipinski definition) is 0. The van der Waals surface area contributed by atoms with Crippen LogP contribution in [0.2, 0.25) is 0 Å². The number of fused-ring (bicyclic) bond motifs is 1. The molecule has 0 bridgehead atoms. The van der Waals surface area contributed by atoms with E-state index in [2.05, 4.69) is 0 Å². The molecule has 168 valence electrons. The Bertz CT molecular complexity index is 1110. The Labute approximate surface area is 187 Å². The smallest absolute Gasteiger partial charge is 0.246 e. The number of pyridine rings is 1. The van der Waals surface area contributed by atoms with Crippen LogP contribution in [0.5, 0.6) is 5.75 Å². The fraction of sp³-hybridized carbons (Fsp3) is 0.280. The van der Waals surface area contributed by atoms with Gasteiger partial charge in [0, 0.05) is 57.4 Å². The second kappa shape index (κ2) is 10.7. The predicted octanol–water partition coefficient (Wildman–Crippen LogP) is 4.14. The molecule has 1 heterocycles. The molecule has 0 fully saturated rings. The average Bonchev–Trinajstić information content (AvgIpc) is 2.79. The molecule has 6 nitrogen and oxygen atoms in total. The molecule has 32 heavy (non-hydrogen) atoms. The van der Waals surface area contributed by atoms with E-state index < -0.39 is 0 Å². The van der Waals surface area contributed by atoms with E-state index in [0.717, 1.165) is 28.0 Å². The van der Waals surface area contributed by atoms with Gasteiger partial charge < -0.3 is 19.3 Å². The SMILES string of the molecule is COCCN(Cc1cc2ccc(OC)cc2nc1N(C)C)C(=O)/C=C/c1cccc(F)c1. The van der Waals surface area contributed by atoms with Crippen LogP contribution in [0.4, 0.5) is 10.2 Å². The molecule has 7 heteroatoms. The van der Waals surface area contributed by atoms with Crippen LogP contribution < -0.4 is 9.64 Å². The molecule has 0 spiro atoms. The molecule has 0 saturated heterocycles. The van der Waals surface area contributed by atoms with Crippen molar-refractivity contribution in [3.05, 3.63) is 71.6 Å². The van der Waals surface area contributed by atoms with Gasteiger partial charge in [-0.2, -0.15) is 0 Å². The molecule has 3 aromatic rings. The van der Waals surface area contributed by atoms with E-state index in [1.807, 2.05) is 43.3 Å². The molecule has 0 aliphatic rings. The summed E-state index contributed by atoms with van der Waals surface area (Å²) in [7, 11) is 7.06. The van der Waals surface area contributed by atoms with Crippen molar-refractivity contribution in [2.24, 2.45) is 0 Å². The number of carbonyl (C=O) groups is 1. The standard InChI is InChI=1S/C25H28FN3O3/c1-28(2)25-20(15-19-9-10-22(32-4)16-23(19)27-25)17-29(12-13-31-3)24(30)11-8-18-6-5-7-21(26)14-18/h5-11,14-16H,12-13,17H2,1-4H3/b11-8+. The number of nitrogens with zero attached hydrogens (tertiary/aromatic N) is 3. The molecule has 2 aromatic carbocycles. The molecule has 0 saturated carbocycles. The van der Waals surface area contributed by atoms with Crippen LogP contribution in [-0.4, -0.2) is 57.3 Å². The van der Waals surface area contributed by atoms with Crippen LogP contribution in [0, 0.1) is 5.82 Å². The number of hydrogen-bond acceptors (Lipinski definition) is 5. The summed E-state index contributed by atoms with van der Waals surface area (Å²) in [6, 6.07) is 13.9. The zero-order valence-electron chi connectivity index (χ0n) is 18.8. The second-order valence-corrected chi connectivity index (χ2v) is 7.57. The summed E-state index contributed by atoms with van der Waals surface area (Å²) in [6.07, 6.45) is 3.07. The number of carbonyl (C=O) groups excluding carboxylic acids is 1. The lowest BCUT2D eigenvalue weighted by Crippen LogP contribution is -2.32. The van der Waals surface area contributed by atoms with Gasteiger partial charge in [-0.05, 0) is 42.0 Å². The van der Waals surface area contributed by atoms with Crippen LogP contribution >= 0.6 is 0 Å². The molecule has 0 aliphatic heterocycles. The first-order valence-corrected chi connectivity index (χ1v) is 10.3. The summed E-state index contributed by atoms with van der Waals surface area (Å²) in [5.41, 5.74) is 2.36. The summed E-state index contributed by atoms with van der Waals surface area (Å²) in [6.45, 7) is 1.17. The van der Waals surface area contributed by atoms with E-state index in [1.54, 1.807) is 37.3 Å². The topological polar surface area (TPSA) is 54.9 Å². The number of amides is 1. The average molecular weight is 438 g/mol. The lowest BCUT2D eigenvalue weighted by atomic mass is 10.1. The van der Waals surface area contributed by atoms with Crippen molar-refractivity contribution >= 4 is 28.7 Å². The first kappa shape index (κ1) is 23.2. The Morgan fingerprint density at radius 2 is 1.94 bits per heavy atom. The number of halogens is 1. The van der Waals surface area contributed by atoms with Gasteiger partial charge in [0.2, 0.25) is 5.91 Å². The summed E-state index contributed by atoms with van der Waals surface area (Å²) < 4.78 is 24.0. The van der Waals surface area contributed by atoms with Crippen molar-refractivity contribution in [3.8, 4) is 5.75 Å². The minimum Gasteiger partial charge on any atom is -0.497 e. The maximum atomic E-state index is 13.4. The summed E-state index contributed by atoms with van der Waals surface area (Å²) in [5.74, 6) is 0.980. The van der Waals surface area contributed by atoms with Crippen LogP contribution in [0.1, 0.15) is 11.1 Å². The molecule has 0 aliphatic carbocycles. The van der Waals surface area contributed by atoms with Crippen molar-refractivity contribution in [1.29, 1.82) is 0 Å². The molecular formula is C25H28FN3O3. The van der Waals surface area contributed by atoms with Gasteiger partial charge in [-0.25, -0.2) is 9.37 Å². The number of benzene rings is 2. The van der Waals surface area contributed by atoms with Crippen molar-refractivity contribution < 1.29 is 18.7 Å². The first-order valence-electron chi connectivity index (χ1n) is 10.3. The molecule has 0 N–H and O–H groups in total. The number of rotatable bonds is 9. The highest BCUT2D eigenvalue weighted by atomic mass is 19.1. The fourth-order valence-electron chi connectivity index (χ4n) is 3.37. The van der Waals surface area contributed by atoms with E-state index in [9.17, 15) is 9.18 Å². The van der Waals surface area contributed by atoms with E-state index in [-0.39, 0.29) is 11.7 Å². The highest BCUT2D eigenvalue weighted by Gasteiger charge is 2.17. The zero-order valence-corrected chi connectivity index (χ0v) is 18.8. The summed E-state index contributed by atoms with van der Waals surface area (Å²) in [5, 5.41) is 0.959. The Hall–Kier alpha value is -3.45. The van der Waals surface area contributed by atoms with Crippen LogP contribution in [0.3, 0.4) is 0 Å². The normalized spacial score (nSPS) is 11.2. The maximum absolute atomic E-state index is 13.4. The molecule has 0 unspecified atom stereocenters. The highest BCUT2D eigenvalue weighted by Crippen LogP contribution is 2.26. The molecule has 1 aromatic heterocycles. The van der Waals surface area contributed by atoms with E-state index in [4.69, 9.17) is 14.5 Å². The quantitative estimate of drug-likeness (QED) is 0.471. The first-order chi connectivity index (χ1) is 15.4. The summed E-state index contributed by atoms with van der Waals surface area (Å²) in [4.78, 5) is 21.4. The van der Waals surface area contributed by atoms with Gasteiger partial charge in [0.25, 0.3) is 0 Å². The van der Waals surface area contributed by atoms with Crippen molar-refractivity contribution in [2.75, 3.05) is 46.4 Å². The third-order valence-corrected chi connectivity index (χ3v) is 5.01. The second-order valence-electron chi connectivity index (χ2n) is 7.57. The minimum absolute atomic E-state index is 0.189. The van der Waals surface area contributed by atoms with Crippen molar-refractivity contribution in [1.82, 2.24) is 9.88 Å². The van der Waals surface area contributed by atoms with E-state index in [1.165, 1.54) is 18.2 Å². The lowest BCUT2D eigenvalue weighted by molar-refractivity contribution is -0.127. The predicted molar refractivity (Wildman–Crippen MR) is 125 cm³/mol. The van der Waals surface area contributed by atoms with E-state index >= 15 is 0 Å². The van der Waals surface area contributed by atoms with E-state index in [0.29, 0.717) is 25.3 Å². The largest absolute Gasteiger partial charge is 0.497 e. The molecular weight excluding hydrogens is 409 g/mol. The van der Waals surface area contributed by atoms with Crippen LogP contribution in [0.15, 0.2) is 54.6 Å². The fourth-order valence-corrected chi connectivity index (χ4v) is 3.37. The number of anilines is 1. The van der Waals surface area contributed by atoms with Crippen LogP contribution in [0.25, 0.3) is 17.0 Å². The van der Waals surface area contributed by atoms with Crippen molar-refractivity contribution in [2.45, 2.75) is 6.54 Å². The van der Waals surface area contributed by atoms with Gasteiger partial charge in [0.15, 0.2) is 0 Å². The van der Waals surface area contributed by atoms with Crippen molar-refractivity contribution in [3.63, 3.8) is 0 Å². The van der Waals surface area contributed by atoms with Gasteiger partial charge >= 0.3 is 0 Å². The Balaban J connectivity index is 1.91. The maximum Gasteiger partial charge on any atom is 0.246 e. The highest BCUT2D eigenvalue weighted by molar-refractivity contribution is 5.92. The monoisotopic (exact) mass is 437 g/mol. The number of aromatic nitrogens is 1. The molecule has 1 amide bonds. The number of ether oxygens (including phenoxy) is 2. The molecule has 3 rings (SSSR count). The number of methoxy groups -OCH3 is 2. The lowest BCUT2D eigenvalue weighted by Gasteiger charge is -2.24. The van der Waals surface area contributed by atoms with Crippen LogP contribution in [-0.2, 0) is 16.1 Å². The minimum atomic E-state index is -0.342. The molecule has 0 radical (unpaired) electrons. The van der Waals surface area contributed by atoms with Gasteiger partial charge in [-0.1, -0.05) is 12.1 Å². The third kappa shape index (κ3) is 5.82. The van der Waals surface area contributed by atoms with Gasteiger partial charge in [0.1, 0.15) is 17.4 Å². The Morgan fingerprint density at radius 3 is 2.62 bits per heavy atom. The van der Waals surface area contributed by atoms with Gasteiger partial charge in [0.05, 0.1) is 19.2 Å². The third-order valence-electron chi connectivity index (χ3n) is 5.01.